The minimum Gasteiger partial charge on any atom is -0.361 e. The van der Waals surface area contributed by atoms with Crippen LogP contribution in [-0.4, -0.2) is 16.5 Å². The van der Waals surface area contributed by atoms with Crippen molar-refractivity contribution in [3.63, 3.8) is 0 Å². The van der Waals surface area contributed by atoms with Gasteiger partial charge in [0.25, 0.3) is 0 Å². The fraction of sp³-hybridized carbons (Fsp3) is 0.364. The highest BCUT2D eigenvalue weighted by atomic mass is 15.0. The number of aromatic amines is 1. The maximum atomic E-state index is 4.48. The number of rotatable bonds is 1. The molecule has 0 aromatic carbocycles. The van der Waals surface area contributed by atoms with E-state index in [1.54, 1.807) is 0 Å². The van der Waals surface area contributed by atoms with Gasteiger partial charge in [-0.25, -0.2) is 0 Å². The van der Waals surface area contributed by atoms with Gasteiger partial charge in [-0.1, -0.05) is 0 Å². The molecule has 1 aliphatic heterocycles. The predicted octanol–water partition coefficient (Wildman–Crippen LogP) is 1.99. The number of aromatic nitrogens is 2. The monoisotopic (exact) mass is 187 g/mol. The number of nitrogens with zero attached hydrogens (tertiary/aromatic N) is 1. The summed E-state index contributed by atoms with van der Waals surface area (Å²) in [7, 11) is 0. The fourth-order valence-electron chi connectivity index (χ4n) is 2.20. The molecule has 0 saturated carbocycles. The highest BCUT2D eigenvalue weighted by Gasteiger charge is 2.19. The molecule has 1 aliphatic rings. The molecule has 2 aromatic rings. The van der Waals surface area contributed by atoms with E-state index in [1.807, 2.05) is 18.5 Å². The number of pyridine rings is 1. The average molecular weight is 187 g/mol. The van der Waals surface area contributed by atoms with Crippen LogP contribution in [0.15, 0.2) is 24.5 Å². The lowest BCUT2D eigenvalue weighted by Crippen LogP contribution is -2.14. The number of H-pyrrole nitrogens is 1. The second kappa shape index (κ2) is 3.10. The lowest BCUT2D eigenvalue weighted by molar-refractivity contribution is 0.634. The molecule has 72 valence electrons. The van der Waals surface area contributed by atoms with E-state index in [-0.39, 0.29) is 0 Å². The van der Waals surface area contributed by atoms with Gasteiger partial charge in [-0.05, 0) is 31.5 Å². The van der Waals surface area contributed by atoms with Gasteiger partial charge in [-0.15, -0.1) is 0 Å². The van der Waals surface area contributed by atoms with E-state index in [1.165, 1.54) is 29.4 Å². The van der Waals surface area contributed by atoms with Gasteiger partial charge in [0.05, 0.1) is 11.7 Å². The molecule has 2 N–H and O–H groups in total. The Bertz CT molecular complexity index is 440. The van der Waals surface area contributed by atoms with Crippen LogP contribution in [0, 0.1) is 0 Å². The third-order valence-corrected chi connectivity index (χ3v) is 2.90. The third-order valence-electron chi connectivity index (χ3n) is 2.90. The summed E-state index contributed by atoms with van der Waals surface area (Å²) in [6.45, 7) is 1.12. The summed E-state index contributed by atoms with van der Waals surface area (Å²) >= 11 is 0. The molecule has 1 unspecified atom stereocenters. The Hall–Kier alpha value is -1.35. The number of hydrogen-bond donors (Lipinski definition) is 2. The van der Waals surface area contributed by atoms with E-state index >= 15 is 0 Å². The van der Waals surface area contributed by atoms with Crippen LogP contribution in [0.3, 0.4) is 0 Å². The van der Waals surface area contributed by atoms with Crippen LogP contribution >= 0.6 is 0 Å². The fourth-order valence-corrected chi connectivity index (χ4v) is 2.20. The van der Waals surface area contributed by atoms with Gasteiger partial charge in [0, 0.05) is 23.3 Å². The maximum Gasteiger partial charge on any atom is 0.0666 e. The zero-order chi connectivity index (χ0) is 9.38. The molecule has 0 bridgehead atoms. The molecule has 14 heavy (non-hydrogen) atoms. The van der Waals surface area contributed by atoms with Crippen LogP contribution in [0.25, 0.3) is 10.9 Å². The summed E-state index contributed by atoms with van der Waals surface area (Å²) < 4.78 is 0. The van der Waals surface area contributed by atoms with E-state index in [4.69, 9.17) is 0 Å². The Morgan fingerprint density at radius 3 is 3.21 bits per heavy atom. The minimum atomic E-state index is 0.453. The first-order chi connectivity index (χ1) is 6.95. The molecule has 2 aromatic heterocycles. The smallest absolute Gasteiger partial charge is 0.0666 e. The normalized spacial score (nSPS) is 21.9. The summed E-state index contributed by atoms with van der Waals surface area (Å²) in [5, 5.41) is 4.73. The summed E-state index contributed by atoms with van der Waals surface area (Å²) in [6, 6.07) is 4.58. The first-order valence-corrected chi connectivity index (χ1v) is 5.10. The molecule has 3 heterocycles. The van der Waals surface area contributed by atoms with Crippen LogP contribution in [0.1, 0.15) is 24.6 Å². The van der Waals surface area contributed by atoms with Crippen molar-refractivity contribution in [1.29, 1.82) is 0 Å². The Balaban J connectivity index is 2.14. The van der Waals surface area contributed by atoms with Crippen molar-refractivity contribution in [2.75, 3.05) is 6.54 Å². The van der Waals surface area contributed by atoms with Gasteiger partial charge in [0.2, 0.25) is 0 Å². The van der Waals surface area contributed by atoms with Crippen molar-refractivity contribution >= 4 is 10.9 Å². The molecule has 3 nitrogen and oxygen atoms in total. The quantitative estimate of drug-likeness (QED) is 0.716. The number of nitrogens with one attached hydrogen (secondary N) is 2. The van der Waals surface area contributed by atoms with Crippen molar-refractivity contribution in [2.24, 2.45) is 0 Å². The van der Waals surface area contributed by atoms with Crippen LogP contribution < -0.4 is 5.32 Å². The van der Waals surface area contributed by atoms with Crippen LogP contribution in [0.2, 0.25) is 0 Å². The predicted molar refractivity (Wildman–Crippen MR) is 56.1 cm³/mol. The average Bonchev–Trinajstić information content (AvgIpc) is 2.88. The topological polar surface area (TPSA) is 40.7 Å². The molecule has 0 aliphatic carbocycles. The van der Waals surface area contributed by atoms with Crippen molar-refractivity contribution in [3.05, 3.63) is 30.2 Å². The van der Waals surface area contributed by atoms with Crippen molar-refractivity contribution < 1.29 is 0 Å². The van der Waals surface area contributed by atoms with Crippen molar-refractivity contribution in [1.82, 2.24) is 15.3 Å². The van der Waals surface area contributed by atoms with Crippen LogP contribution in [0.5, 0.6) is 0 Å². The van der Waals surface area contributed by atoms with Crippen LogP contribution in [-0.2, 0) is 0 Å². The SMILES string of the molecule is c1cc2[nH]ccc2c(C2CCCN2)n1. The third kappa shape index (κ3) is 1.13. The van der Waals surface area contributed by atoms with E-state index in [0.29, 0.717) is 6.04 Å². The van der Waals surface area contributed by atoms with Gasteiger partial charge in [-0.2, -0.15) is 0 Å². The highest BCUT2D eigenvalue weighted by Crippen LogP contribution is 2.26. The van der Waals surface area contributed by atoms with Gasteiger partial charge < -0.3 is 10.3 Å². The molecule has 0 spiro atoms. The second-order valence-electron chi connectivity index (χ2n) is 3.78. The number of fused-ring (bicyclic) bond motifs is 1. The van der Waals surface area contributed by atoms with E-state index in [0.717, 1.165) is 6.54 Å². The Labute approximate surface area is 82.5 Å². The molecule has 3 heteroatoms. The summed E-state index contributed by atoms with van der Waals surface area (Å²) in [4.78, 5) is 7.69. The molecular weight excluding hydrogens is 174 g/mol. The molecule has 3 rings (SSSR count). The summed E-state index contributed by atoms with van der Waals surface area (Å²) in [5.41, 5.74) is 2.38. The van der Waals surface area contributed by atoms with Gasteiger partial charge >= 0.3 is 0 Å². The van der Waals surface area contributed by atoms with E-state index in [9.17, 15) is 0 Å². The zero-order valence-corrected chi connectivity index (χ0v) is 7.96. The first kappa shape index (κ1) is 8.00. The Morgan fingerprint density at radius 1 is 1.36 bits per heavy atom. The van der Waals surface area contributed by atoms with Gasteiger partial charge in [0.15, 0.2) is 0 Å². The van der Waals surface area contributed by atoms with Gasteiger partial charge in [-0.3, -0.25) is 4.98 Å². The highest BCUT2D eigenvalue weighted by molar-refractivity contribution is 5.81. The number of hydrogen-bond acceptors (Lipinski definition) is 2. The first-order valence-electron chi connectivity index (χ1n) is 5.10. The molecule has 0 amide bonds. The molecular formula is C11H13N3. The van der Waals surface area contributed by atoms with E-state index in [2.05, 4.69) is 21.4 Å². The summed E-state index contributed by atoms with van der Waals surface area (Å²) in [5.74, 6) is 0. The van der Waals surface area contributed by atoms with E-state index < -0.39 is 0 Å². The minimum absolute atomic E-state index is 0.453. The lowest BCUT2D eigenvalue weighted by atomic mass is 10.1. The zero-order valence-electron chi connectivity index (χ0n) is 7.96. The largest absolute Gasteiger partial charge is 0.361 e. The van der Waals surface area contributed by atoms with Crippen LogP contribution in [0.4, 0.5) is 0 Å². The lowest BCUT2D eigenvalue weighted by Gasteiger charge is -2.10. The van der Waals surface area contributed by atoms with Crippen molar-refractivity contribution in [3.8, 4) is 0 Å². The second-order valence-corrected chi connectivity index (χ2v) is 3.78. The summed E-state index contributed by atoms with van der Waals surface area (Å²) in [6.07, 6.45) is 6.32. The van der Waals surface area contributed by atoms with Gasteiger partial charge in [0.1, 0.15) is 0 Å². The Kier molecular flexibility index (Phi) is 1.77. The van der Waals surface area contributed by atoms with Crippen molar-refractivity contribution in [2.45, 2.75) is 18.9 Å². The molecule has 1 atom stereocenters. The molecule has 1 saturated heterocycles. The Morgan fingerprint density at radius 2 is 2.36 bits per heavy atom. The molecule has 0 radical (unpaired) electrons. The maximum absolute atomic E-state index is 4.48. The standard InChI is InChI=1S/C11H13N3/c1-2-10(12-5-1)11-8-3-6-13-9(8)4-7-14-11/h3-4,6-7,10,12-13H,1-2,5H2. The molecule has 1 fully saturated rings.